The summed E-state index contributed by atoms with van der Waals surface area (Å²) in [6.07, 6.45) is 4.71. The van der Waals surface area contributed by atoms with E-state index in [2.05, 4.69) is 22.8 Å². The van der Waals surface area contributed by atoms with Gasteiger partial charge in [-0.05, 0) is 63.0 Å². The van der Waals surface area contributed by atoms with Gasteiger partial charge in [0, 0.05) is 6.04 Å². The Kier molecular flexibility index (Phi) is 6.15. The molecule has 1 aliphatic rings. The zero-order valence-corrected chi connectivity index (χ0v) is 12.6. The quantitative estimate of drug-likeness (QED) is 0.749. The molecule has 0 aromatic heterocycles. The van der Waals surface area contributed by atoms with Crippen LogP contribution in [0, 0.1) is 0 Å². The first-order valence-corrected chi connectivity index (χ1v) is 7.48. The summed E-state index contributed by atoms with van der Waals surface area (Å²) >= 11 is 0. The van der Waals surface area contributed by atoms with Crippen molar-refractivity contribution in [3.05, 3.63) is 23.8 Å². The Morgan fingerprint density at radius 1 is 1.15 bits per heavy atom. The van der Waals surface area contributed by atoms with Gasteiger partial charge in [0.15, 0.2) is 11.5 Å². The molecule has 4 heteroatoms. The Hall–Kier alpha value is -1.26. The van der Waals surface area contributed by atoms with E-state index in [1.54, 1.807) is 14.2 Å². The third kappa shape index (κ3) is 4.39. The predicted octanol–water partition coefficient (Wildman–Crippen LogP) is 1.98. The Labute approximate surface area is 121 Å². The molecule has 0 atom stereocenters. The maximum Gasteiger partial charge on any atom is 0.160 e. The lowest BCUT2D eigenvalue weighted by Gasteiger charge is -2.23. The summed E-state index contributed by atoms with van der Waals surface area (Å²) in [6.45, 7) is 3.37. The number of ether oxygens (including phenoxy) is 2. The Morgan fingerprint density at radius 2 is 1.90 bits per heavy atom. The van der Waals surface area contributed by atoms with Crippen molar-refractivity contribution in [2.45, 2.75) is 31.7 Å². The van der Waals surface area contributed by atoms with E-state index in [-0.39, 0.29) is 0 Å². The van der Waals surface area contributed by atoms with E-state index < -0.39 is 0 Å². The molecule has 4 nitrogen and oxygen atoms in total. The van der Waals surface area contributed by atoms with Gasteiger partial charge in [0.2, 0.25) is 0 Å². The van der Waals surface area contributed by atoms with Gasteiger partial charge in [0.05, 0.1) is 14.2 Å². The largest absolute Gasteiger partial charge is 0.493 e. The van der Waals surface area contributed by atoms with Gasteiger partial charge in [-0.3, -0.25) is 0 Å². The second-order valence-corrected chi connectivity index (χ2v) is 5.27. The minimum atomic E-state index is 0.696. The SMILES string of the molecule is COc1ccc(CCCNC2CCNCC2)cc1OC. The number of benzene rings is 1. The van der Waals surface area contributed by atoms with Crippen LogP contribution in [0.4, 0.5) is 0 Å². The summed E-state index contributed by atoms with van der Waals surface area (Å²) in [6, 6.07) is 6.87. The van der Waals surface area contributed by atoms with Crippen LogP contribution < -0.4 is 20.1 Å². The highest BCUT2D eigenvalue weighted by Crippen LogP contribution is 2.27. The predicted molar refractivity (Wildman–Crippen MR) is 81.8 cm³/mol. The lowest BCUT2D eigenvalue weighted by Crippen LogP contribution is -2.40. The number of nitrogens with one attached hydrogen (secondary N) is 2. The first kappa shape index (κ1) is 15.1. The Morgan fingerprint density at radius 3 is 2.60 bits per heavy atom. The maximum atomic E-state index is 5.33. The molecule has 0 saturated carbocycles. The fraction of sp³-hybridized carbons (Fsp3) is 0.625. The van der Waals surface area contributed by atoms with Crippen molar-refractivity contribution < 1.29 is 9.47 Å². The highest BCUT2D eigenvalue weighted by Gasteiger charge is 2.11. The van der Waals surface area contributed by atoms with Crippen LogP contribution in [-0.4, -0.2) is 39.9 Å². The fourth-order valence-corrected chi connectivity index (χ4v) is 2.66. The van der Waals surface area contributed by atoms with Crippen LogP contribution >= 0.6 is 0 Å². The van der Waals surface area contributed by atoms with Crippen LogP contribution in [0.1, 0.15) is 24.8 Å². The van der Waals surface area contributed by atoms with Crippen LogP contribution in [0.15, 0.2) is 18.2 Å². The smallest absolute Gasteiger partial charge is 0.160 e. The summed E-state index contributed by atoms with van der Waals surface area (Å²) in [7, 11) is 3.35. The van der Waals surface area contributed by atoms with E-state index in [0.717, 1.165) is 44.0 Å². The van der Waals surface area contributed by atoms with Crippen molar-refractivity contribution in [3.8, 4) is 11.5 Å². The number of rotatable bonds is 7. The van der Waals surface area contributed by atoms with Gasteiger partial charge in [-0.15, -0.1) is 0 Å². The zero-order valence-electron chi connectivity index (χ0n) is 12.6. The number of hydrogen-bond acceptors (Lipinski definition) is 4. The van der Waals surface area contributed by atoms with Crippen molar-refractivity contribution in [1.82, 2.24) is 10.6 Å². The molecule has 0 spiro atoms. The minimum Gasteiger partial charge on any atom is -0.493 e. The van der Waals surface area contributed by atoms with Crippen molar-refractivity contribution in [2.75, 3.05) is 33.9 Å². The highest BCUT2D eigenvalue weighted by atomic mass is 16.5. The molecule has 20 heavy (non-hydrogen) atoms. The molecule has 0 unspecified atom stereocenters. The van der Waals surface area contributed by atoms with Gasteiger partial charge in [-0.2, -0.15) is 0 Å². The Bertz CT molecular complexity index is 403. The second-order valence-electron chi connectivity index (χ2n) is 5.27. The summed E-state index contributed by atoms with van der Waals surface area (Å²) in [5.74, 6) is 1.61. The molecule has 1 saturated heterocycles. The van der Waals surface area contributed by atoms with Crippen LogP contribution in [0.5, 0.6) is 11.5 Å². The summed E-state index contributed by atoms with van der Waals surface area (Å²) in [5.41, 5.74) is 1.30. The molecule has 2 N–H and O–H groups in total. The molecule has 0 bridgehead atoms. The van der Waals surface area contributed by atoms with Gasteiger partial charge < -0.3 is 20.1 Å². The Balaban J connectivity index is 1.73. The average molecular weight is 278 g/mol. The van der Waals surface area contributed by atoms with Gasteiger partial charge >= 0.3 is 0 Å². The normalized spacial score (nSPS) is 16.1. The molecule has 1 aromatic carbocycles. The molecule has 1 aliphatic heterocycles. The van der Waals surface area contributed by atoms with E-state index in [1.165, 1.54) is 18.4 Å². The molecule has 1 aromatic rings. The lowest BCUT2D eigenvalue weighted by atomic mass is 10.1. The third-order valence-corrected chi connectivity index (χ3v) is 3.86. The number of aryl methyl sites for hydroxylation is 1. The van der Waals surface area contributed by atoms with Crippen molar-refractivity contribution in [2.24, 2.45) is 0 Å². The molecule has 1 fully saturated rings. The van der Waals surface area contributed by atoms with Crippen LogP contribution in [0.3, 0.4) is 0 Å². The van der Waals surface area contributed by atoms with Crippen LogP contribution in [0.2, 0.25) is 0 Å². The van der Waals surface area contributed by atoms with Crippen LogP contribution in [0.25, 0.3) is 0 Å². The standard InChI is InChI=1S/C16H26N2O2/c1-19-15-6-5-13(12-16(15)20-2)4-3-9-18-14-7-10-17-11-8-14/h5-6,12,14,17-18H,3-4,7-11H2,1-2H3. The molecule has 0 amide bonds. The third-order valence-electron chi connectivity index (χ3n) is 3.86. The zero-order chi connectivity index (χ0) is 14.2. The highest BCUT2D eigenvalue weighted by molar-refractivity contribution is 5.42. The molecule has 0 radical (unpaired) electrons. The van der Waals surface area contributed by atoms with Gasteiger partial charge in [-0.1, -0.05) is 6.07 Å². The number of hydrogen-bond donors (Lipinski definition) is 2. The summed E-state index contributed by atoms with van der Waals surface area (Å²) in [4.78, 5) is 0. The summed E-state index contributed by atoms with van der Waals surface area (Å²) in [5, 5.41) is 7.04. The fourth-order valence-electron chi connectivity index (χ4n) is 2.66. The molecular formula is C16H26N2O2. The van der Waals surface area contributed by atoms with E-state index in [0.29, 0.717) is 6.04 Å². The lowest BCUT2D eigenvalue weighted by molar-refractivity contribution is 0.354. The topological polar surface area (TPSA) is 42.5 Å². The molecule has 1 heterocycles. The molecule has 2 rings (SSSR count). The van der Waals surface area contributed by atoms with Gasteiger partial charge in [0.25, 0.3) is 0 Å². The van der Waals surface area contributed by atoms with E-state index in [9.17, 15) is 0 Å². The van der Waals surface area contributed by atoms with E-state index in [4.69, 9.17) is 9.47 Å². The van der Waals surface area contributed by atoms with E-state index in [1.807, 2.05) is 6.07 Å². The van der Waals surface area contributed by atoms with Gasteiger partial charge in [-0.25, -0.2) is 0 Å². The first-order chi connectivity index (χ1) is 9.83. The number of methoxy groups -OCH3 is 2. The van der Waals surface area contributed by atoms with Crippen LogP contribution in [-0.2, 0) is 6.42 Å². The monoisotopic (exact) mass is 278 g/mol. The second kappa shape index (κ2) is 8.12. The van der Waals surface area contributed by atoms with Crippen molar-refractivity contribution in [3.63, 3.8) is 0 Å². The molecule has 0 aliphatic carbocycles. The van der Waals surface area contributed by atoms with Crippen molar-refractivity contribution in [1.29, 1.82) is 0 Å². The maximum absolute atomic E-state index is 5.33. The molecule has 112 valence electrons. The van der Waals surface area contributed by atoms with E-state index >= 15 is 0 Å². The first-order valence-electron chi connectivity index (χ1n) is 7.48. The van der Waals surface area contributed by atoms with Crippen molar-refractivity contribution >= 4 is 0 Å². The summed E-state index contributed by atoms with van der Waals surface area (Å²) < 4.78 is 10.6. The number of piperidine rings is 1. The van der Waals surface area contributed by atoms with Gasteiger partial charge in [0.1, 0.15) is 0 Å². The average Bonchev–Trinajstić information content (AvgIpc) is 2.52. The molecular weight excluding hydrogens is 252 g/mol. The minimum absolute atomic E-state index is 0.696.